The third-order valence-corrected chi connectivity index (χ3v) is 4.27. The van der Waals surface area contributed by atoms with Crippen LogP contribution >= 0.6 is 11.6 Å². The van der Waals surface area contributed by atoms with E-state index >= 15 is 0 Å². The fourth-order valence-corrected chi connectivity index (χ4v) is 2.67. The average molecular weight is 373 g/mol. The summed E-state index contributed by atoms with van der Waals surface area (Å²) in [5.74, 6) is -1.56. The van der Waals surface area contributed by atoms with Crippen molar-refractivity contribution in [3.63, 3.8) is 0 Å². The van der Waals surface area contributed by atoms with Crippen LogP contribution in [0, 0.1) is 5.92 Å². The van der Waals surface area contributed by atoms with Gasteiger partial charge in [0.1, 0.15) is 12.4 Å². The van der Waals surface area contributed by atoms with E-state index in [4.69, 9.17) is 21.1 Å². The fourth-order valence-electron chi connectivity index (χ4n) is 2.54. The van der Waals surface area contributed by atoms with Crippen LogP contribution in [0.3, 0.4) is 0 Å². The first kappa shape index (κ1) is 18.1. The van der Waals surface area contributed by atoms with Gasteiger partial charge in [-0.05, 0) is 35.9 Å². The number of benzene rings is 2. The minimum Gasteiger partial charge on any atom is -0.489 e. The van der Waals surface area contributed by atoms with Gasteiger partial charge in [-0.15, -0.1) is 0 Å². The molecule has 26 heavy (non-hydrogen) atoms. The molecule has 0 aromatic heterocycles. The van der Waals surface area contributed by atoms with Crippen LogP contribution in [0.4, 0.5) is 0 Å². The molecule has 0 amide bonds. The lowest BCUT2D eigenvalue weighted by Crippen LogP contribution is -2.30. The van der Waals surface area contributed by atoms with E-state index in [0.29, 0.717) is 17.4 Å². The number of carbonyl (C=O) groups is 3. The summed E-state index contributed by atoms with van der Waals surface area (Å²) < 4.78 is 10.7. The number of fused-ring (bicyclic) bond motifs is 1. The molecule has 0 radical (unpaired) electrons. The summed E-state index contributed by atoms with van der Waals surface area (Å²) in [7, 11) is 0. The van der Waals surface area contributed by atoms with E-state index in [1.54, 1.807) is 32.0 Å². The van der Waals surface area contributed by atoms with Crippen LogP contribution in [-0.2, 0) is 16.1 Å². The summed E-state index contributed by atoms with van der Waals surface area (Å²) in [5, 5.41) is 0.636. The first-order valence-corrected chi connectivity index (χ1v) is 8.55. The van der Waals surface area contributed by atoms with Crippen LogP contribution in [0.5, 0.6) is 5.75 Å². The highest BCUT2D eigenvalue weighted by molar-refractivity contribution is 6.30. The minimum absolute atomic E-state index is 0.213. The summed E-state index contributed by atoms with van der Waals surface area (Å²) in [6.07, 6.45) is -1.40. The molecule has 1 unspecified atom stereocenters. The zero-order chi connectivity index (χ0) is 18.8. The lowest BCUT2D eigenvalue weighted by Gasteiger charge is -2.10. The van der Waals surface area contributed by atoms with E-state index in [0.717, 1.165) is 5.56 Å². The zero-order valence-corrected chi connectivity index (χ0v) is 15.1. The van der Waals surface area contributed by atoms with Crippen LogP contribution < -0.4 is 4.74 Å². The third kappa shape index (κ3) is 3.63. The fraction of sp³-hybridized carbons (Fsp3) is 0.250. The van der Waals surface area contributed by atoms with Crippen molar-refractivity contribution in [2.75, 3.05) is 0 Å². The second-order valence-corrected chi connectivity index (χ2v) is 6.76. The van der Waals surface area contributed by atoms with Crippen LogP contribution in [0.15, 0.2) is 42.5 Å². The first-order chi connectivity index (χ1) is 12.4. The maximum absolute atomic E-state index is 12.5. The Labute approximate surface area is 155 Å². The Kier molecular flexibility index (Phi) is 5.09. The highest BCUT2D eigenvalue weighted by Crippen LogP contribution is 2.29. The summed E-state index contributed by atoms with van der Waals surface area (Å²) in [4.78, 5) is 36.5. The molecule has 5 nitrogen and oxygen atoms in total. The van der Waals surface area contributed by atoms with Gasteiger partial charge >= 0.3 is 5.97 Å². The molecular formula is C20H17ClO5. The molecule has 3 rings (SSSR count). The maximum Gasteiger partial charge on any atom is 0.309 e. The van der Waals surface area contributed by atoms with Gasteiger partial charge in [-0.3, -0.25) is 14.4 Å². The van der Waals surface area contributed by atoms with E-state index in [1.165, 1.54) is 12.1 Å². The number of halogens is 1. The van der Waals surface area contributed by atoms with Crippen molar-refractivity contribution in [1.29, 1.82) is 0 Å². The van der Waals surface area contributed by atoms with Crippen LogP contribution in [-0.4, -0.2) is 23.6 Å². The molecule has 0 heterocycles. The molecule has 0 bridgehead atoms. The van der Waals surface area contributed by atoms with E-state index in [2.05, 4.69) is 0 Å². The Balaban J connectivity index is 1.74. The largest absolute Gasteiger partial charge is 0.489 e. The topological polar surface area (TPSA) is 69.7 Å². The van der Waals surface area contributed by atoms with E-state index < -0.39 is 29.6 Å². The van der Waals surface area contributed by atoms with Gasteiger partial charge in [0.05, 0.1) is 5.92 Å². The molecular weight excluding hydrogens is 356 g/mol. The SMILES string of the molecule is CC(C)C(=O)OC1C(=O)c2ccc(OCc3ccc(Cl)cc3)cc2C1=O. The van der Waals surface area contributed by atoms with Crippen molar-refractivity contribution in [2.45, 2.75) is 26.6 Å². The molecule has 1 atom stereocenters. The molecule has 0 spiro atoms. The number of esters is 1. The van der Waals surface area contributed by atoms with Crippen LogP contribution in [0.2, 0.25) is 5.02 Å². The highest BCUT2D eigenvalue weighted by atomic mass is 35.5. The highest BCUT2D eigenvalue weighted by Gasteiger charge is 2.42. The van der Waals surface area contributed by atoms with Crippen molar-refractivity contribution < 1.29 is 23.9 Å². The molecule has 6 heteroatoms. The molecule has 0 saturated heterocycles. The lowest BCUT2D eigenvalue weighted by atomic mass is 10.1. The molecule has 2 aromatic rings. The Hall–Kier alpha value is -2.66. The van der Waals surface area contributed by atoms with Crippen LogP contribution in [0.25, 0.3) is 0 Å². The maximum atomic E-state index is 12.5. The third-order valence-electron chi connectivity index (χ3n) is 4.02. The second kappa shape index (κ2) is 7.30. The molecule has 134 valence electrons. The van der Waals surface area contributed by atoms with Crippen molar-refractivity contribution in [3.8, 4) is 5.75 Å². The quantitative estimate of drug-likeness (QED) is 0.588. The number of rotatable bonds is 5. The Morgan fingerprint density at radius 3 is 2.35 bits per heavy atom. The standard InChI is InChI=1S/C20H17ClO5/c1-11(2)20(24)26-19-17(22)15-8-7-14(9-16(15)18(19)23)25-10-12-3-5-13(21)6-4-12/h3-9,11,19H,10H2,1-2H3. The van der Waals surface area contributed by atoms with Gasteiger partial charge in [-0.2, -0.15) is 0 Å². The Bertz CT molecular complexity index is 870. The molecule has 0 aliphatic heterocycles. The summed E-state index contributed by atoms with van der Waals surface area (Å²) >= 11 is 5.85. The van der Waals surface area contributed by atoms with E-state index in [9.17, 15) is 14.4 Å². The number of hydrogen-bond acceptors (Lipinski definition) is 5. The Morgan fingerprint density at radius 2 is 1.69 bits per heavy atom. The summed E-state index contributed by atoms with van der Waals surface area (Å²) in [6, 6.07) is 11.9. The zero-order valence-electron chi connectivity index (χ0n) is 14.3. The Morgan fingerprint density at radius 1 is 1.04 bits per heavy atom. The second-order valence-electron chi connectivity index (χ2n) is 6.32. The first-order valence-electron chi connectivity index (χ1n) is 8.17. The van der Waals surface area contributed by atoms with E-state index in [1.807, 2.05) is 12.1 Å². The smallest absolute Gasteiger partial charge is 0.309 e. The van der Waals surface area contributed by atoms with Crippen molar-refractivity contribution in [1.82, 2.24) is 0 Å². The van der Waals surface area contributed by atoms with Crippen LogP contribution in [0.1, 0.15) is 40.1 Å². The number of Topliss-reactive ketones (excluding diaryl/α,β-unsaturated/α-hetero) is 2. The molecule has 0 fully saturated rings. The number of ketones is 2. The molecule has 1 aliphatic rings. The van der Waals surface area contributed by atoms with Crippen molar-refractivity contribution >= 4 is 29.1 Å². The molecule has 0 saturated carbocycles. The molecule has 1 aliphatic carbocycles. The van der Waals surface area contributed by atoms with Gasteiger partial charge in [-0.1, -0.05) is 37.6 Å². The predicted molar refractivity (Wildman–Crippen MR) is 95.6 cm³/mol. The summed E-state index contributed by atoms with van der Waals surface area (Å²) in [6.45, 7) is 3.58. The van der Waals surface area contributed by atoms with Gasteiger partial charge < -0.3 is 9.47 Å². The van der Waals surface area contributed by atoms with Crippen molar-refractivity contribution in [2.24, 2.45) is 5.92 Å². The van der Waals surface area contributed by atoms with E-state index in [-0.39, 0.29) is 11.1 Å². The van der Waals surface area contributed by atoms with Gasteiger partial charge in [0.15, 0.2) is 0 Å². The monoisotopic (exact) mass is 372 g/mol. The molecule has 2 aromatic carbocycles. The normalized spacial score (nSPS) is 15.9. The lowest BCUT2D eigenvalue weighted by molar-refractivity contribution is -0.148. The predicted octanol–water partition coefficient (Wildman–Crippen LogP) is 3.87. The van der Waals surface area contributed by atoms with Gasteiger partial charge in [0.2, 0.25) is 17.7 Å². The number of ether oxygens (including phenoxy) is 2. The van der Waals surface area contributed by atoms with Gasteiger partial charge in [-0.25, -0.2) is 0 Å². The average Bonchev–Trinajstić information content (AvgIpc) is 2.85. The summed E-state index contributed by atoms with van der Waals surface area (Å²) in [5.41, 5.74) is 1.38. The van der Waals surface area contributed by atoms with Crippen molar-refractivity contribution in [3.05, 3.63) is 64.2 Å². The minimum atomic E-state index is -1.40. The number of carbonyl (C=O) groups excluding carboxylic acids is 3. The molecule has 0 N–H and O–H groups in total. The van der Waals surface area contributed by atoms with Gasteiger partial charge in [0, 0.05) is 16.1 Å². The van der Waals surface area contributed by atoms with Gasteiger partial charge in [0.25, 0.3) is 0 Å². The number of hydrogen-bond donors (Lipinski definition) is 0.